The van der Waals surface area contributed by atoms with Crippen LogP contribution in [-0.2, 0) is 11.3 Å². The summed E-state index contributed by atoms with van der Waals surface area (Å²) in [6.07, 6.45) is 6.75. The Balaban J connectivity index is 1.69. The van der Waals surface area contributed by atoms with E-state index >= 15 is 0 Å². The summed E-state index contributed by atoms with van der Waals surface area (Å²) in [5.74, 6) is 0. The molecule has 0 unspecified atom stereocenters. The summed E-state index contributed by atoms with van der Waals surface area (Å²) < 4.78 is 6.01. The molecule has 0 aliphatic rings. The van der Waals surface area contributed by atoms with Crippen molar-refractivity contribution in [3.8, 4) is 0 Å². The van der Waals surface area contributed by atoms with E-state index in [1.807, 2.05) is 48.6 Å². The average molecular weight is 347 g/mol. The van der Waals surface area contributed by atoms with Gasteiger partial charge >= 0.3 is 6.09 Å². The predicted molar refractivity (Wildman–Crippen MR) is 85.6 cm³/mol. The maximum absolute atomic E-state index is 11.5. The molecule has 0 spiro atoms. The van der Waals surface area contributed by atoms with Crippen molar-refractivity contribution in [2.24, 2.45) is 0 Å². The maximum Gasteiger partial charge on any atom is 0.407 e. The normalized spacial score (nSPS) is 10.5. The number of alkyl carbamates (subject to hydrolysis) is 1. The smallest absolute Gasteiger partial charge is 0.407 e. The zero-order valence-corrected chi connectivity index (χ0v) is 12.9. The number of halogens is 1. The summed E-state index contributed by atoms with van der Waals surface area (Å²) in [5, 5.41) is 2.66. The van der Waals surface area contributed by atoms with Crippen LogP contribution in [0.25, 0.3) is 6.08 Å². The molecular weight excluding hydrogens is 332 g/mol. The quantitative estimate of drug-likeness (QED) is 0.896. The monoisotopic (exact) mass is 346 g/mol. The fourth-order valence-electron chi connectivity index (χ4n) is 1.63. The van der Waals surface area contributed by atoms with Crippen LogP contribution in [0.3, 0.4) is 0 Å². The minimum atomic E-state index is -0.434. The number of aromatic nitrogens is 1. The molecule has 108 valence electrons. The SMILES string of the molecule is O=C(NCC=Cc1cncc(Br)c1)OCc1ccccc1. The number of rotatable bonds is 5. The summed E-state index contributed by atoms with van der Waals surface area (Å²) in [6, 6.07) is 11.5. The van der Waals surface area contributed by atoms with Gasteiger partial charge in [-0.25, -0.2) is 4.79 Å². The average Bonchev–Trinajstić information content (AvgIpc) is 2.51. The molecule has 1 aromatic carbocycles. The van der Waals surface area contributed by atoms with Crippen molar-refractivity contribution in [3.63, 3.8) is 0 Å². The highest BCUT2D eigenvalue weighted by molar-refractivity contribution is 9.10. The van der Waals surface area contributed by atoms with E-state index in [1.165, 1.54) is 0 Å². The molecule has 2 aromatic rings. The van der Waals surface area contributed by atoms with E-state index in [1.54, 1.807) is 12.4 Å². The van der Waals surface area contributed by atoms with E-state index in [9.17, 15) is 4.79 Å². The molecule has 0 atom stereocenters. The van der Waals surface area contributed by atoms with Gasteiger partial charge in [0.1, 0.15) is 6.61 Å². The molecule has 1 amide bonds. The van der Waals surface area contributed by atoms with Gasteiger partial charge in [-0.2, -0.15) is 0 Å². The van der Waals surface area contributed by atoms with Gasteiger partial charge in [-0.1, -0.05) is 42.5 Å². The number of carbonyl (C=O) groups is 1. The number of pyridine rings is 1. The fourth-order valence-corrected chi connectivity index (χ4v) is 2.01. The lowest BCUT2D eigenvalue weighted by atomic mass is 10.2. The van der Waals surface area contributed by atoms with E-state index in [4.69, 9.17) is 4.74 Å². The maximum atomic E-state index is 11.5. The van der Waals surface area contributed by atoms with Crippen molar-refractivity contribution < 1.29 is 9.53 Å². The third kappa shape index (κ3) is 5.79. The first-order valence-electron chi connectivity index (χ1n) is 6.46. The molecular formula is C16H15BrN2O2. The first kappa shape index (κ1) is 15.3. The topological polar surface area (TPSA) is 51.2 Å². The molecule has 0 saturated carbocycles. The van der Waals surface area contributed by atoms with Crippen molar-refractivity contribution >= 4 is 28.1 Å². The van der Waals surface area contributed by atoms with Crippen molar-refractivity contribution in [3.05, 3.63) is 70.5 Å². The third-order valence-corrected chi connectivity index (χ3v) is 3.05. The second kappa shape index (κ2) is 8.21. The van der Waals surface area contributed by atoms with Crippen molar-refractivity contribution in [1.82, 2.24) is 10.3 Å². The van der Waals surface area contributed by atoms with Gasteiger partial charge in [-0.3, -0.25) is 4.98 Å². The minimum absolute atomic E-state index is 0.270. The van der Waals surface area contributed by atoms with Gasteiger partial charge in [0.15, 0.2) is 0 Å². The van der Waals surface area contributed by atoms with Crippen LogP contribution in [0.4, 0.5) is 4.79 Å². The van der Waals surface area contributed by atoms with Gasteiger partial charge in [0.25, 0.3) is 0 Å². The summed E-state index contributed by atoms with van der Waals surface area (Å²) in [6.45, 7) is 0.673. The molecule has 1 N–H and O–H groups in total. The fraction of sp³-hybridized carbons (Fsp3) is 0.125. The van der Waals surface area contributed by atoms with E-state index in [0.717, 1.165) is 15.6 Å². The van der Waals surface area contributed by atoms with Gasteiger partial charge in [0, 0.05) is 23.4 Å². The van der Waals surface area contributed by atoms with Gasteiger partial charge in [-0.05, 0) is 33.1 Å². The minimum Gasteiger partial charge on any atom is -0.445 e. The number of amides is 1. The Bertz CT molecular complexity index is 615. The molecule has 0 aliphatic heterocycles. The molecule has 0 fully saturated rings. The Hall–Kier alpha value is -2.14. The van der Waals surface area contributed by atoms with E-state index in [2.05, 4.69) is 26.2 Å². The van der Waals surface area contributed by atoms with Gasteiger partial charge in [0.2, 0.25) is 0 Å². The molecule has 1 aromatic heterocycles. The van der Waals surface area contributed by atoms with E-state index in [-0.39, 0.29) is 6.61 Å². The molecule has 1 heterocycles. The highest BCUT2D eigenvalue weighted by atomic mass is 79.9. The second-order valence-electron chi connectivity index (χ2n) is 4.28. The van der Waals surface area contributed by atoms with Crippen LogP contribution in [0, 0.1) is 0 Å². The second-order valence-corrected chi connectivity index (χ2v) is 5.20. The Morgan fingerprint density at radius 1 is 1.29 bits per heavy atom. The number of hydrogen-bond acceptors (Lipinski definition) is 3. The third-order valence-electron chi connectivity index (χ3n) is 2.61. The number of hydrogen-bond donors (Lipinski definition) is 1. The molecule has 2 rings (SSSR count). The number of benzene rings is 1. The summed E-state index contributed by atoms with van der Waals surface area (Å²) in [4.78, 5) is 15.5. The summed E-state index contributed by atoms with van der Waals surface area (Å²) in [5.41, 5.74) is 1.92. The van der Waals surface area contributed by atoms with E-state index in [0.29, 0.717) is 6.54 Å². The Kier molecular flexibility index (Phi) is 5.97. The molecule has 0 radical (unpaired) electrons. The number of nitrogens with one attached hydrogen (secondary N) is 1. The lowest BCUT2D eigenvalue weighted by Gasteiger charge is -2.05. The Morgan fingerprint density at radius 2 is 2.10 bits per heavy atom. The lowest BCUT2D eigenvalue weighted by Crippen LogP contribution is -2.24. The van der Waals surface area contributed by atoms with Crippen molar-refractivity contribution in [2.45, 2.75) is 6.61 Å². The van der Waals surface area contributed by atoms with Crippen LogP contribution < -0.4 is 5.32 Å². The Morgan fingerprint density at radius 3 is 2.86 bits per heavy atom. The first-order valence-corrected chi connectivity index (χ1v) is 7.25. The van der Waals surface area contributed by atoms with Gasteiger partial charge in [0.05, 0.1) is 0 Å². The number of ether oxygens (including phenoxy) is 1. The van der Waals surface area contributed by atoms with Gasteiger partial charge in [-0.15, -0.1) is 0 Å². The zero-order valence-electron chi connectivity index (χ0n) is 11.3. The van der Waals surface area contributed by atoms with E-state index < -0.39 is 6.09 Å². The molecule has 0 bridgehead atoms. The van der Waals surface area contributed by atoms with Crippen LogP contribution in [0.1, 0.15) is 11.1 Å². The largest absolute Gasteiger partial charge is 0.445 e. The summed E-state index contributed by atoms with van der Waals surface area (Å²) >= 11 is 3.35. The molecule has 21 heavy (non-hydrogen) atoms. The molecule has 5 heteroatoms. The van der Waals surface area contributed by atoms with Crippen LogP contribution in [-0.4, -0.2) is 17.6 Å². The predicted octanol–water partition coefficient (Wildman–Crippen LogP) is 3.78. The number of nitrogens with zero attached hydrogens (tertiary/aromatic N) is 1. The Labute approximate surface area is 132 Å². The zero-order chi connectivity index (χ0) is 14.9. The van der Waals surface area contributed by atoms with Crippen molar-refractivity contribution in [1.29, 1.82) is 0 Å². The van der Waals surface area contributed by atoms with Crippen LogP contribution >= 0.6 is 15.9 Å². The lowest BCUT2D eigenvalue weighted by molar-refractivity contribution is 0.141. The molecule has 4 nitrogen and oxygen atoms in total. The highest BCUT2D eigenvalue weighted by Gasteiger charge is 2.00. The highest BCUT2D eigenvalue weighted by Crippen LogP contribution is 2.10. The number of carbonyl (C=O) groups excluding carboxylic acids is 1. The molecule has 0 saturated heterocycles. The standard InChI is InChI=1S/C16H15BrN2O2/c17-15-9-14(10-18-11-15)7-4-8-19-16(20)21-12-13-5-2-1-3-6-13/h1-7,9-11H,8,12H2,(H,19,20). The molecule has 0 aliphatic carbocycles. The van der Waals surface area contributed by atoms with Crippen LogP contribution in [0.5, 0.6) is 0 Å². The van der Waals surface area contributed by atoms with Gasteiger partial charge < -0.3 is 10.1 Å². The van der Waals surface area contributed by atoms with Crippen LogP contribution in [0.2, 0.25) is 0 Å². The van der Waals surface area contributed by atoms with Crippen molar-refractivity contribution in [2.75, 3.05) is 6.54 Å². The first-order chi connectivity index (χ1) is 10.2. The van der Waals surface area contributed by atoms with Crippen LogP contribution in [0.15, 0.2) is 59.3 Å². The summed E-state index contributed by atoms with van der Waals surface area (Å²) in [7, 11) is 0.